The van der Waals surface area contributed by atoms with Crippen LogP contribution < -0.4 is 0 Å². The van der Waals surface area contributed by atoms with Gasteiger partial charge >= 0.3 is 6.00 Å². The van der Waals surface area contributed by atoms with Gasteiger partial charge in [-0.3, -0.25) is 0 Å². The van der Waals surface area contributed by atoms with E-state index in [0.29, 0.717) is 0 Å². The van der Waals surface area contributed by atoms with E-state index in [0.717, 1.165) is 0 Å². The number of rotatable bonds is 0. The minimum Gasteiger partial charge on any atom is -0.126 e. The van der Waals surface area contributed by atoms with Crippen LogP contribution in [0.3, 0.4) is 0 Å². The fourth-order valence-corrected chi connectivity index (χ4v) is 1.13. The predicted octanol–water partition coefficient (Wildman–Crippen LogP) is 5.11. The van der Waals surface area contributed by atoms with Gasteiger partial charge in [0, 0.05) is 0 Å². The number of hydrogen-bond acceptors (Lipinski definition) is 0. The molecule has 2 rings (SSSR count). The first kappa shape index (κ1) is 12.9. The molecule has 4 heteroatoms. The Balaban J connectivity index is 0.000000195. The summed E-state index contributed by atoms with van der Waals surface area (Å²) < 4.78 is 0. The molecule has 0 saturated heterocycles. The Labute approximate surface area is 105 Å². The van der Waals surface area contributed by atoms with E-state index in [1.165, 1.54) is 10.8 Å². The third kappa shape index (κ3) is 6.05. The van der Waals surface area contributed by atoms with E-state index in [2.05, 4.69) is 48.5 Å². The lowest BCUT2D eigenvalue weighted by Gasteiger charge is -1.92. The molecular formula is C11H11Cl3Si. The van der Waals surface area contributed by atoms with Crippen LogP contribution in [0.4, 0.5) is 0 Å². The van der Waals surface area contributed by atoms with Gasteiger partial charge in [-0.1, -0.05) is 48.5 Å². The van der Waals surface area contributed by atoms with Crippen LogP contribution in [0.5, 0.6) is 0 Å². The highest BCUT2D eigenvalue weighted by Gasteiger charge is 2.13. The Morgan fingerprint density at radius 1 is 0.733 bits per heavy atom. The van der Waals surface area contributed by atoms with Crippen LogP contribution in [-0.4, -0.2) is 6.00 Å². The highest BCUT2D eigenvalue weighted by Crippen LogP contribution is 2.17. The van der Waals surface area contributed by atoms with E-state index in [-0.39, 0.29) is 0 Å². The van der Waals surface area contributed by atoms with Crippen molar-refractivity contribution in [3.63, 3.8) is 0 Å². The molecule has 0 nitrogen and oxygen atoms in total. The molecule has 0 heterocycles. The molecule has 15 heavy (non-hydrogen) atoms. The average molecular weight is 278 g/mol. The van der Waals surface area contributed by atoms with Crippen LogP contribution in [0.25, 0.3) is 10.8 Å². The van der Waals surface area contributed by atoms with Crippen molar-refractivity contribution in [2.24, 2.45) is 0 Å². The molecule has 0 unspecified atom stereocenters. The van der Waals surface area contributed by atoms with Crippen LogP contribution in [-0.2, 0) is 0 Å². The van der Waals surface area contributed by atoms with Gasteiger partial charge in [0.25, 0.3) is 0 Å². The highest BCUT2D eigenvalue weighted by molar-refractivity contribution is 7.64. The van der Waals surface area contributed by atoms with Crippen LogP contribution in [0, 0.1) is 0 Å². The van der Waals surface area contributed by atoms with Gasteiger partial charge in [-0.2, -0.15) is 0 Å². The third-order valence-corrected chi connectivity index (χ3v) is 1.66. The summed E-state index contributed by atoms with van der Waals surface area (Å²) in [6.45, 7) is 1.62. The second-order valence-electron chi connectivity index (χ2n) is 3.13. The third-order valence-electron chi connectivity index (χ3n) is 1.66. The van der Waals surface area contributed by atoms with Gasteiger partial charge in [0.05, 0.1) is 0 Å². The van der Waals surface area contributed by atoms with E-state index >= 15 is 0 Å². The molecular weight excluding hydrogens is 267 g/mol. The normalized spacial score (nSPS) is 10.7. The van der Waals surface area contributed by atoms with Crippen molar-refractivity contribution in [2.45, 2.75) is 6.55 Å². The van der Waals surface area contributed by atoms with Gasteiger partial charge in [0.1, 0.15) is 0 Å². The molecule has 0 aliphatic heterocycles. The van der Waals surface area contributed by atoms with Crippen molar-refractivity contribution in [2.75, 3.05) is 0 Å². The molecule has 2 aromatic carbocycles. The molecule has 0 spiro atoms. The van der Waals surface area contributed by atoms with E-state index in [1.54, 1.807) is 6.55 Å². The quantitative estimate of drug-likeness (QED) is 0.463. The van der Waals surface area contributed by atoms with E-state index in [9.17, 15) is 0 Å². The summed E-state index contributed by atoms with van der Waals surface area (Å²) in [5, 5.41) is 2.62. The van der Waals surface area contributed by atoms with Gasteiger partial charge in [-0.15, -0.1) is 33.2 Å². The predicted molar refractivity (Wildman–Crippen MR) is 73.1 cm³/mol. The van der Waals surface area contributed by atoms with E-state index in [4.69, 9.17) is 33.2 Å². The molecule has 2 aromatic rings. The Bertz CT molecular complexity index is 352. The SMILES string of the molecule is C[Si](Cl)(Cl)Cl.c1ccc2ccccc2c1. The summed E-state index contributed by atoms with van der Waals surface area (Å²) in [5.41, 5.74) is 0. The summed E-state index contributed by atoms with van der Waals surface area (Å²) in [6.07, 6.45) is 0. The fraction of sp³-hybridized carbons (Fsp3) is 0.0909. The van der Waals surface area contributed by atoms with Crippen LogP contribution >= 0.6 is 33.2 Å². The number of hydrogen-bond donors (Lipinski definition) is 0. The monoisotopic (exact) mass is 276 g/mol. The van der Waals surface area contributed by atoms with Crippen molar-refractivity contribution in [1.82, 2.24) is 0 Å². The van der Waals surface area contributed by atoms with Crippen molar-refractivity contribution in [3.8, 4) is 0 Å². The molecule has 0 atom stereocenters. The molecule has 0 amide bonds. The van der Waals surface area contributed by atoms with Crippen LogP contribution in [0.1, 0.15) is 0 Å². The van der Waals surface area contributed by atoms with Gasteiger partial charge in [0.15, 0.2) is 0 Å². The summed E-state index contributed by atoms with van der Waals surface area (Å²) in [4.78, 5) is 0. The Morgan fingerprint density at radius 2 is 0.933 bits per heavy atom. The van der Waals surface area contributed by atoms with Gasteiger partial charge in [0.2, 0.25) is 0 Å². The van der Waals surface area contributed by atoms with Crippen molar-refractivity contribution < 1.29 is 0 Å². The Morgan fingerprint density at radius 3 is 1.13 bits per heavy atom. The Hall–Kier alpha value is -0.213. The first-order valence-electron chi connectivity index (χ1n) is 4.47. The number of fused-ring (bicyclic) bond motifs is 1. The minimum absolute atomic E-state index is 1.31. The summed E-state index contributed by atoms with van der Waals surface area (Å²) >= 11 is 15.6. The standard InChI is InChI=1S/C10H8.CH3Cl3Si/c1-2-6-10-8-4-3-7-9(10)5-1;1-5(2,3)4/h1-8H;1H3. The second kappa shape index (κ2) is 5.76. The largest absolute Gasteiger partial charge is 0.338 e. The summed E-state index contributed by atoms with van der Waals surface area (Å²) in [5.74, 6) is 0. The van der Waals surface area contributed by atoms with Gasteiger partial charge in [-0.05, 0) is 17.3 Å². The van der Waals surface area contributed by atoms with Crippen molar-refractivity contribution in [3.05, 3.63) is 48.5 Å². The lowest BCUT2D eigenvalue weighted by atomic mass is 10.1. The number of benzene rings is 2. The van der Waals surface area contributed by atoms with Gasteiger partial charge in [-0.25, -0.2) is 0 Å². The highest BCUT2D eigenvalue weighted by atomic mass is 35.8. The topological polar surface area (TPSA) is 0 Å². The molecule has 0 aliphatic carbocycles. The maximum Gasteiger partial charge on any atom is 0.338 e. The van der Waals surface area contributed by atoms with Gasteiger partial charge < -0.3 is 0 Å². The lowest BCUT2D eigenvalue weighted by molar-refractivity contribution is 1.75. The molecule has 0 saturated carbocycles. The maximum atomic E-state index is 5.20. The van der Waals surface area contributed by atoms with Crippen LogP contribution in [0.15, 0.2) is 48.5 Å². The van der Waals surface area contributed by atoms with Crippen molar-refractivity contribution in [1.29, 1.82) is 0 Å². The Kier molecular flexibility index (Phi) is 4.93. The minimum atomic E-state index is -2.19. The lowest BCUT2D eigenvalue weighted by Crippen LogP contribution is -1.97. The zero-order valence-electron chi connectivity index (χ0n) is 8.25. The molecule has 80 valence electrons. The molecule has 0 radical (unpaired) electrons. The molecule has 0 aromatic heterocycles. The smallest absolute Gasteiger partial charge is 0.126 e. The summed E-state index contributed by atoms with van der Waals surface area (Å²) in [7, 11) is 0. The molecule has 0 fully saturated rings. The summed E-state index contributed by atoms with van der Waals surface area (Å²) in [6, 6.07) is 14.5. The zero-order chi connectivity index (χ0) is 11.3. The first-order chi connectivity index (χ1) is 6.97. The first-order valence-corrected chi connectivity index (χ1v) is 10.0. The second-order valence-corrected chi connectivity index (χ2v) is 13.2. The fourth-order valence-electron chi connectivity index (χ4n) is 1.13. The van der Waals surface area contributed by atoms with Crippen LogP contribution in [0.2, 0.25) is 6.55 Å². The molecule has 0 bridgehead atoms. The molecule has 0 N–H and O–H groups in total. The van der Waals surface area contributed by atoms with E-state index in [1.807, 2.05) is 0 Å². The molecule has 0 aliphatic rings. The number of halogens is 3. The van der Waals surface area contributed by atoms with E-state index < -0.39 is 6.00 Å². The van der Waals surface area contributed by atoms with Crippen molar-refractivity contribution >= 4 is 50.0 Å². The zero-order valence-corrected chi connectivity index (χ0v) is 11.5. The average Bonchev–Trinajstić information content (AvgIpc) is 2.16. The maximum absolute atomic E-state index is 5.20.